The average Bonchev–Trinajstić information content (AvgIpc) is 3.03. The zero-order chi connectivity index (χ0) is 14.7. The topological polar surface area (TPSA) is 51.0 Å². The van der Waals surface area contributed by atoms with Crippen molar-refractivity contribution < 1.29 is 4.52 Å². The number of hydrogen-bond acceptors (Lipinski definition) is 4. The Morgan fingerprint density at radius 2 is 2.00 bits per heavy atom. The van der Waals surface area contributed by atoms with E-state index in [2.05, 4.69) is 24.3 Å². The van der Waals surface area contributed by atoms with Crippen LogP contribution in [0.1, 0.15) is 89.4 Å². The maximum atomic E-state index is 5.75. The molecule has 1 aliphatic heterocycles. The molecule has 21 heavy (non-hydrogen) atoms. The molecule has 4 heteroatoms. The zero-order valence-corrected chi connectivity index (χ0v) is 13.5. The summed E-state index contributed by atoms with van der Waals surface area (Å²) in [6.45, 7) is 5.67. The number of nitrogens with one attached hydrogen (secondary N) is 1. The molecule has 0 radical (unpaired) electrons. The lowest BCUT2D eigenvalue weighted by Crippen LogP contribution is -2.25. The van der Waals surface area contributed by atoms with Gasteiger partial charge in [0, 0.05) is 5.41 Å². The summed E-state index contributed by atoms with van der Waals surface area (Å²) in [6, 6.07) is 0.294. The zero-order valence-electron chi connectivity index (χ0n) is 13.5. The molecule has 118 valence electrons. The van der Waals surface area contributed by atoms with Gasteiger partial charge < -0.3 is 9.84 Å². The van der Waals surface area contributed by atoms with Gasteiger partial charge in [-0.1, -0.05) is 44.7 Å². The fourth-order valence-corrected chi connectivity index (χ4v) is 4.18. The normalized spacial score (nSPS) is 26.1. The second kappa shape index (κ2) is 6.47. The van der Waals surface area contributed by atoms with Crippen LogP contribution < -0.4 is 5.32 Å². The van der Waals surface area contributed by atoms with Gasteiger partial charge >= 0.3 is 0 Å². The van der Waals surface area contributed by atoms with Crippen LogP contribution in [0.15, 0.2) is 4.52 Å². The summed E-state index contributed by atoms with van der Waals surface area (Å²) >= 11 is 0. The van der Waals surface area contributed by atoms with Crippen LogP contribution in [0.25, 0.3) is 0 Å². The third kappa shape index (κ3) is 3.31. The fourth-order valence-electron chi connectivity index (χ4n) is 4.18. The van der Waals surface area contributed by atoms with Gasteiger partial charge in [0.15, 0.2) is 5.82 Å². The van der Waals surface area contributed by atoms with E-state index in [1.54, 1.807) is 0 Å². The van der Waals surface area contributed by atoms with Crippen LogP contribution in [0.4, 0.5) is 0 Å². The van der Waals surface area contributed by atoms with Crippen molar-refractivity contribution in [3.63, 3.8) is 0 Å². The largest absolute Gasteiger partial charge is 0.339 e. The maximum absolute atomic E-state index is 5.75. The van der Waals surface area contributed by atoms with Gasteiger partial charge in [0.2, 0.25) is 5.89 Å². The van der Waals surface area contributed by atoms with Gasteiger partial charge in [-0.3, -0.25) is 0 Å². The summed E-state index contributed by atoms with van der Waals surface area (Å²) in [5.74, 6) is 2.48. The molecule has 1 saturated heterocycles. The smallest absolute Gasteiger partial charge is 0.232 e. The Bertz CT molecular complexity index is 441. The van der Waals surface area contributed by atoms with Crippen molar-refractivity contribution in [2.24, 2.45) is 5.92 Å². The number of nitrogens with zero attached hydrogens (tertiary/aromatic N) is 2. The Morgan fingerprint density at radius 1 is 1.19 bits per heavy atom. The molecule has 1 aromatic heterocycles. The quantitative estimate of drug-likeness (QED) is 0.906. The minimum atomic E-state index is 0.157. The molecule has 1 aliphatic carbocycles. The molecular formula is C17H29N3O. The standard InChI is InChI=1S/C17H29N3O/c1-13(2)12-17(9-5-6-10-17)16-19-15(20-21-16)14-8-4-3-7-11-18-14/h13-14,18H,3-12H2,1-2H3. The van der Waals surface area contributed by atoms with Crippen LogP contribution in [-0.4, -0.2) is 16.7 Å². The third-order valence-corrected chi connectivity index (χ3v) is 5.13. The van der Waals surface area contributed by atoms with E-state index in [9.17, 15) is 0 Å². The van der Waals surface area contributed by atoms with E-state index in [4.69, 9.17) is 9.51 Å². The molecule has 1 atom stereocenters. The Hall–Kier alpha value is -0.900. The minimum Gasteiger partial charge on any atom is -0.339 e. The van der Waals surface area contributed by atoms with Crippen molar-refractivity contribution in [2.45, 2.75) is 83.1 Å². The predicted octanol–water partition coefficient (Wildman–Crippen LogP) is 4.13. The van der Waals surface area contributed by atoms with Gasteiger partial charge in [-0.05, 0) is 44.6 Å². The van der Waals surface area contributed by atoms with E-state index in [1.807, 2.05) is 0 Å². The average molecular weight is 291 g/mol. The van der Waals surface area contributed by atoms with Crippen LogP contribution in [0.3, 0.4) is 0 Å². The third-order valence-electron chi connectivity index (χ3n) is 5.13. The lowest BCUT2D eigenvalue weighted by molar-refractivity contribution is 0.243. The molecular weight excluding hydrogens is 262 g/mol. The summed E-state index contributed by atoms with van der Waals surface area (Å²) in [7, 11) is 0. The highest BCUT2D eigenvalue weighted by Gasteiger charge is 2.41. The molecule has 0 amide bonds. The molecule has 1 saturated carbocycles. The van der Waals surface area contributed by atoms with E-state index in [1.165, 1.54) is 51.4 Å². The van der Waals surface area contributed by atoms with Crippen molar-refractivity contribution in [1.29, 1.82) is 0 Å². The Morgan fingerprint density at radius 3 is 2.76 bits per heavy atom. The first kappa shape index (κ1) is 15.0. The summed E-state index contributed by atoms with van der Waals surface area (Å²) in [4.78, 5) is 4.84. The second-order valence-electron chi connectivity index (χ2n) is 7.40. The van der Waals surface area contributed by atoms with Gasteiger partial charge in [-0.25, -0.2) is 0 Å². The first-order valence-corrected chi connectivity index (χ1v) is 8.77. The van der Waals surface area contributed by atoms with Crippen LogP contribution >= 0.6 is 0 Å². The molecule has 1 N–H and O–H groups in total. The van der Waals surface area contributed by atoms with E-state index in [-0.39, 0.29) is 5.41 Å². The highest BCUT2D eigenvalue weighted by atomic mass is 16.5. The molecule has 0 aromatic carbocycles. The first-order chi connectivity index (χ1) is 10.2. The van der Waals surface area contributed by atoms with Crippen LogP contribution in [0, 0.1) is 5.92 Å². The summed E-state index contributed by atoms with van der Waals surface area (Å²) in [5, 5.41) is 7.90. The molecule has 4 nitrogen and oxygen atoms in total. The van der Waals surface area contributed by atoms with Crippen molar-refractivity contribution in [3.8, 4) is 0 Å². The van der Waals surface area contributed by atoms with E-state index in [0.29, 0.717) is 12.0 Å². The molecule has 2 heterocycles. The maximum Gasteiger partial charge on any atom is 0.232 e. The molecule has 0 bridgehead atoms. The van der Waals surface area contributed by atoms with Crippen LogP contribution in [0.2, 0.25) is 0 Å². The van der Waals surface area contributed by atoms with E-state index >= 15 is 0 Å². The fraction of sp³-hybridized carbons (Fsp3) is 0.882. The van der Waals surface area contributed by atoms with Crippen molar-refractivity contribution in [1.82, 2.24) is 15.5 Å². The molecule has 0 spiro atoms. The van der Waals surface area contributed by atoms with Gasteiger partial charge in [-0.15, -0.1) is 0 Å². The van der Waals surface area contributed by atoms with Gasteiger partial charge in [-0.2, -0.15) is 4.98 Å². The highest BCUT2D eigenvalue weighted by molar-refractivity contribution is 5.10. The highest BCUT2D eigenvalue weighted by Crippen LogP contribution is 2.45. The molecule has 1 aromatic rings. The number of aromatic nitrogens is 2. The Kier molecular flexibility index (Phi) is 4.63. The molecule has 3 rings (SSSR count). The number of hydrogen-bond donors (Lipinski definition) is 1. The van der Waals surface area contributed by atoms with E-state index in [0.717, 1.165) is 24.7 Å². The van der Waals surface area contributed by atoms with Crippen LogP contribution in [-0.2, 0) is 5.41 Å². The molecule has 1 unspecified atom stereocenters. The van der Waals surface area contributed by atoms with Gasteiger partial charge in [0.25, 0.3) is 0 Å². The summed E-state index contributed by atoms with van der Waals surface area (Å²) < 4.78 is 5.75. The summed E-state index contributed by atoms with van der Waals surface area (Å²) in [5.41, 5.74) is 0.157. The molecule has 2 aliphatic rings. The lowest BCUT2D eigenvalue weighted by Gasteiger charge is -2.26. The number of rotatable bonds is 4. The second-order valence-corrected chi connectivity index (χ2v) is 7.40. The summed E-state index contributed by atoms with van der Waals surface area (Å²) in [6.07, 6.45) is 11.2. The van der Waals surface area contributed by atoms with Crippen molar-refractivity contribution in [2.75, 3.05) is 6.54 Å². The van der Waals surface area contributed by atoms with Crippen LogP contribution in [0.5, 0.6) is 0 Å². The Labute approximate surface area is 128 Å². The van der Waals surface area contributed by atoms with Gasteiger partial charge in [0.1, 0.15) is 0 Å². The minimum absolute atomic E-state index is 0.157. The SMILES string of the molecule is CC(C)CC1(c2nc(C3CCCCCN3)no2)CCCC1. The first-order valence-electron chi connectivity index (χ1n) is 8.77. The molecule has 2 fully saturated rings. The van der Waals surface area contributed by atoms with Gasteiger partial charge in [0.05, 0.1) is 6.04 Å². The lowest BCUT2D eigenvalue weighted by atomic mass is 9.78. The van der Waals surface area contributed by atoms with Crippen molar-refractivity contribution in [3.05, 3.63) is 11.7 Å². The van der Waals surface area contributed by atoms with E-state index < -0.39 is 0 Å². The van der Waals surface area contributed by atoms with Crippen molar-refractivity contribution >= 4 is 0 Å². The predicted molar refractivity (Wildman–Crippen MR) is 83.1 cm³/mol. The monoisotopic (exact) mass is 291 g/mol. The Balaban J connectivity index is 1.78.